The average Bonchev–Trinajstić information content (AvgIpc) is 3.23. The highest BCUT2D eigenvalue weighted by molar-refractivity contribution is 6.19. The van der Waals surface area contributed by atoms with Gasteiger partial charge in [0.25, 0.3) is 5.91 Å². The summed E-state index contributed by atoms with van der Waals surface area (Å²) in [7, 11) is 3.34. The standard InChI is InChI=1S/C22H28N5O3/c1-14(2)10-11-25-20(28)18-19(24(4)22(25)29)23-21-26(15(3)12-27(18)21)13-16-6-8-17(30-5)9-7-16/h6-9,12,14,18H,10-11,13H2,1-5H3/q+1. The van der Waals surface area contributed by atoms with E-state index in [1.807, 2.05) is 42.0 Å². The lowest BCUT2D eigenvalue weighted by Gasteiger charge is -2.33. The first-order chi connectivity index (χ1) is 14.3. The normalized spacial score (nSPS) is 18.1. The molecule has 1 unspecified atom stereocenters. The minimum absolute atomic E-state index is 0.206. The molecule has 8 nitrogen and oxygen atoms in total. The van der Waals surface area contributed by atoms with Crippen LogP contribution in [-0.2, 0) is 11.3 Å². The van der Waals surface area contributed by atoms with E-state index < -0.39 is 6.04 Å². The number of likely N-dealkylation sites (N-methyl/N-ethyl adjacent to an activating group) is 1. The number of amides is 3. The van der Waals surface area contributed by atoms with Gasteiger partial charge in [0.15, 0.2) is 0 Å². The topological polar surface area (TPSA) is 71.0 Å². The molecule has 0 bridgehead atoms. The number of carbonyl (C=O) groups is 2. The number of amidine groups is 1. The molecule has 8 heteroatoms. The molecule has 4 rings (SSSR count). The Labute approximate surface area is 176 Å². The molecule has 0 N–H and O–H groups in total. The predicted molar refractivity (Wildman–Crippen MR) is 112 cm³/mol. The van der Waals surface area contributed by atoms with Crippen molar-refractivity contribution in [2.24, 2.45) is 10.9 Å². The molecular formula is C22H28N5O3+. The summed E-state index contributed by atoms with van der Waals surface area (Å²) in [5, 5.41) is 0. The number of methoxy groups -OCH3 is 1. The summed E-state index contributed by atoms with van der Waals surface area (Å²) in [4.78, 5) is 33.6. The Balaban J connectivity index is 1.67. The van der Waals surface area contributed by atoms with Crippen molar-refractivity contribution in [1.29, 1.82) is 0 Å². The summed E-state index contributed by atoms with van der Waals surface area (Å²) in [6.45, 7) is 7.21. The first kappa shape index (κ1) is 20.1. The van der Waals surface area contributed by atoms with Crippen LogP contribution in [0.3, 0.4) is 0 Å². The van der Waals surface area contributed by atoms with E-state index in [9.17, 15) is 9.59 Å². The van der Waals surface area contributed by atoms with E-state index in [4.69, 9.17) is 9.73 Å². The quantitative estimate of drug-likeness (QED) is 0.688. The molecule has 30 heavy (non-hydrogen) atoms. The highest BCUT2D eigenvalue weighted by atomic mass is 16.5. The zero-order chi connectivity index (χ0) is 21.6. The number of fused-ring (bicyclic) bond motifs is 3. The van der Waals surface area contributed by atoms with Gasteiger partial charge in [0, 0.05) is 13.6 Å². The maximum absolute atomic E-state index is 13.2. The van der Waals surface area contributed by atoms with Crippen molar-refractivity contribution in [3.05, 3.63) is 41.7 Å². The van der Waals surface area contributed by atoms with E-state index in [-0.39, 0.29) is 11.9 Å². The highest BCUT2D eigenvalue weighted by Crippen LogP contribution is 2.30. The van der Waals surface area contributed by atoms with E-state index in [1.54, 1.807) is 14.2 Å². The van der Waals surface area contributed by atoms with Crippen LogP contribution in [-0.4, -0.2) is 52.8 Å². The molecule has 0 saturated carbocycles. The van der Waals surface area contributed by atoms with Gasteiger partial charge in [0.2, 0.25) is 11.9 Å². The van der Waals surface area contributed by atoms with Crippen molar-refractivity contribution < 1.29 is 18.9 Å². The summed E-state index contributed by atoms with van der Waals surface area (Å²) >= 11 is 0. The molecule has 2 aromatic rings. The lowest BCUT2D eigenvalue weighted by atomic mass is 10.1. The first-order valence-electron chi connectivity index (χ1n) is 10.2. The van der Waals surface area contributed by atoms with Crippen LogP contribution in [0.4, 0.5) is 10.7 Å². The molecule has 2 aliphatic heterocycles. The van der Waals surface area contributed by atoms with E-state index in [1.165, 1.54) is 9.80 Å². The molecule has 0 aliphatic carbocycles. The average molecular weight is 410 g/mol. The molecular weight excluding hydrogens is 382 g/mol. The van der Waals surface area contributed by atoms with Gasteiger partial charge in [-0.3, -0.25) is 14.6 Å². The van der Waals surface area contributed by atoms with Gasteiger partial charge in [0.1, 0.15) is 17.6 Å². The van der Waals surface area contributed by atoms with Crippen LogP contribution in [0.15, 0.2) is 35.5 Å². The zero-order valence-electron chi connectivity index (χ0n) is 18.1. The fourth-order valence-corrected chi connectivity index (χ4v) is 3.93. The van der Waals surface area contributed by atoms with Gasteiger partial charge in [-0.1, -0.05) is 31.0 Å². The molecule has 1 aromatic heterocycles. The summed E-state index contributed by atoms with van der Waals surface area (Å²) in [5.41, 5.74) is 2.10. The van der Waals surface area contributed by atoms with Crippen LogP contribution in [0.5, 0.6) is 5.75 Å². The van der Waals surface area contributed by atoms with Gasteiger partial charge >= 0.3 is 12.0 Å². The molecule has 3 amide bonds. The number of benzene rings is 1. The Morgan fingerprint density at radius 2 is 1.90 bits per heavy atom. The van der Waals surface area contributed by atoms with Crippen LogP contribution in [0, 0.1) is 12.8 Å². The highest BCUT2D eigenvalue weighted by Gasteiger charge is 2.52. The zero-order valence-corrected chi connectivity index (χ0v) is 18.1. The number of aryl methyl sites for hydroxylation is 1. The van der Waals surface area contributed by atoms with Crippen LogP contribution in [0.2, 0.25) is 0 Å². The second-order valence-corrected chi connectivity index (χ2v) is 8.30. The molecule has 2 aliphatic rings. The predicted octanol–water partition coefficient (Wildman–Crippen LogP) is 2.67. The Morgan fingerprint density at radius 3 is 2.53 bits per heavy atom. The van der Waals surface area contributed by atoms with Crippen molar-refractivity contribution in [1.82, 2.24) is 14.4 Å². The maximum Gasteiger partial charge on any atom is 0.402 e. The summed E-state index contributed by atoms with van der Waals surface area (Å²) in [5.74, 6) is 2.18. The van der Waals surface area contributed by atoms with E-state index in [2.05, 4.69) is 18.4 Å². The number of imide groups is 1. The Hall–Kier alpha value is -3.16. The number of ether oxygens (including phenoxy) is 1. The van der Waals surface area contributed by atoms with Gasteiger partial charge in [-0.05, 0) is 37.0 Å². The number of carbonyl (C=O) groups excluding carboxylic acids is 2. The fourth-order valence-electron chi connectivity index (χ4n) is 3.93. The van der Waals surface area contributed by atoms with Gasteiger partial charge in [-0.25, -0.2) is 13.9 Å². The number of hydrogen-bond donors (Lipinski definition) is 0. The fraction of sp³-hybridized carbons (Fsp3) is 0.455. The third-order valence-electron chi connectivity index (χ3n) is 5.75. The third kappa shape index (κ3) is 3.26. The van der Waals surface area contributed by atoms with Crippen LogP contribution in [0.25, 0.3) is 0 Å². The van der Waals surface area contributed by atoms with Crippen molar-refractivity contribution >= 4 is 23.7 Å². The number of urea groups is 1. The number of hydrogen-bond acceptors (Lipinski definition) is 4. The summed E-state index contributed by atoms with van der Waals surface area (Å²) in [6, 6.07) is 6.98. The van der Waals surface area contributed by atoms with Gasteiger partial charge in [-0.15, -0.1) is 0 Å². The van der Waals surface area contributed by atoms with Crippen LogP contribution in [0.1, 0.15) is 37.6 Å². The lowest BCUT2D eigenvalue weighted by molar-refractivity contribution is -0.677. The number of rotatable bonds is 6. The number of aliphatic imine (C=N–C) groups is 1. The van der Waals surface area contributed by atoms with Crippen molar-refractivity contribution in [2.75, 3.05) is 20.7 Å². The van der Waals surface area contributed by atoms with Crippen molar-refractivity contribution in [2.45, 2.75) is 39.8 Å². The molecule has 1 saturated heterocycles. The van der Waals surface area contributed by atoms with Crippen LogP contribution < -0.4 is 9.30 Å². The maximum atomic E-state index is 13.2. The third-order valence-corrected chi connectivity index (χ3v) is 5.75. The Bertz CT molecular complexity index is 1020. The molecule has 3 heterocycles. The van der Waals surface area contributed by atoms with E-state index in [0.717, 1.165) is 23.4 Å². The number of aromatic nitrogens is 2. The SMILES string of the molecule is COc1ccc(Cn2c(C)c[n+]3c2N=C2C3C(=O)N(CCC(C)C)C(=O)N2C)cc1. The molecule has 0 spiro atoms. The van der Waals surface area contributed by atoms with E-state index >= 15 is 0 Å². The van der Waals surface area contributed by atoms with E-state index in [0.29, 0.717) is 30.8 Å². The number of imidazole rings is 1. The first-order valence-corrected chi connectivity index (χ1v) is 10.2. The molecule has 158 valence electrons. The summed E-state index contributed by atoms with van der Waals surface area (Å²) < 4.78 is 9.19. The van der Waals surface area contributed by atoms with Gasteiger partial charge in [0.05, 0.1) is 13.7 Å². The molecule has 1 fully saturated rings. The lowest BCUT2D eigenvalue weighted by Crippen LogP contribution is -2.62. The number of nitrogens with zero attached hydrogens (tertiary/aromatic N) is 5. The Morgan fingerprint density at radius 1 is 1.20 bits per heavy atom. The van der Waals surface area contributed by atoms with Gasteiger partial charge < -0.3 is 4.74 Å². The smallest absolute Gasteiger partial charge is 0.402 e. The van der Waals surface area contributed by atoms with Crippen LogP contribution >= 0.6 is 0 Å². The van der Waals surface area contributed by atoms with Crippen molar-refractivity contribution in [3.8, 4) is 5.75 Å². The molecule has 0 radical (unpaired) electrons. The van der Waals surface area contributed by atoms with Gasteiger partial charge in [-0.2, -0.15) is 0 Å². The second-order valence-electron chi connectivity index (χ2n) is 8.30. The monoisotopic (exact) mass is 410 g/mol. The largest absolute Gasteiger partial charge is 0.497 e. The molecule has 1 aromatic carbocycles. The summed E-state index contributed by atoms with van der Waals surface area (Å²) in [6.07, 6.45) is 2.72. The Kier molecular flexibility index (Phi) is 5.09. The minimum Gasteiger partial charge on any atom is -0.497 e. The second kappa shape index (κ2) is 7.59. The van der Waals surface area contributed by atoms with Crippen molar-refractivity contribution in [3.63, 3.8) is 0 Å². The molecule has 1 atom stereocenters. The minimum atomic E-state index is -0.592.